The predicted octanol–water partition coefficient (Wildman–Crippen LogP) is 3.89. The molecule has 1 aromatic heterocycles. The van der Waals surface area contributed by atoms with Crippen LogP contribution in [0.5, 0.6) is 0 Å². The summed E-state index contributed by atoms with van der Waals surface area (Å²) in [6.45, 7) is 5.63. The first-order valence-corrected chi connectivity index (χ1v) is 12.4. The van der Waals surface area contributed by atoms with Gasteiger partial charge < -0.3 is 10.6 Å². The minimum atomic E-state index is -0.0794. The van der Waals surface area contributed by atoms with Gasteiger partial charge in [-0.05, 0) is 30.7 Å². The predicted molar refractivity (Wildman–Crippen MR) is 138 cm³/mol. The SMILES string of the molecule is Cc1ccc(NC(=O)CN2CCN(CC(=O)Nc3ncc(Cc4ccccc4Cl)s3)CC2)cc1. The molecule has 178 valence electrons. The van der Waals surface area contributed by atoms with E-state index in [9.17, 15) is 9.59 Å². The minimum absolute atomic E-state index is 0.0218. The van der Waals surface area contributed by atoms with Crippen LogP contribution in [0, 0.1) is 6.92 Å². The third kappa shape index (κ3) is 7.11. The van der Waals surface area contributed by atoms with E-state index in [2.05, 4.69) is 25.4 Å². The van der Waals surface area contributed by atoms with Crippen molar-refractivity contribution in [3.05, 3.63) is 75.8 Å². The Balaban J connectivity index is 1.17. The summed E-state index contributed by atoms with van der Waals surface area (Å²) in [6, 6.07) is 15.5. The Morgan fingerprint density at radius 2 is 1.56 bits per heavy atom. The maximum atomic E-state index is 12.5. The molecule has 1 aliphatic rings. The topological polar surface area (TPSA) is 77.6 Å². The van der Waals surface area contributed by atoms with E-state index in [1.165, 1.54) is 11.3 Å². The smallest absolute Gasteiger partial charge is 0.240 e. The number of halogens is 1. The first kappa shape index (κ1) is 24.3. The number of piperazine rings is 1. The van der Waals surface area contributed by atoms with E-state index in [1.807, 2.05) is 55.5 Å². The Morgan fingerprint density at radius 1 is 0.941 bits per heavy atom. The van der Waals surface area contributed by atoms with Crippen LogP contribution >= 0.6 is 22.9 Å². The van der Waals surface area contributed by atoms with Gasteiger partial charge in [-0.25, -0.2) is 4.98 Å². The summed E-state index contributed by atoms with van der Waals surface area (Å²) in [5.41, 5.74) is 3.00. The second-order valence-corrected chi connectivity index (χ2v) is 9.94. The monoisotopic (exact) mass is 497 g/mol. The Hall–Kier alpha value is -2.78. The van der Waals surface area contributed by atoms with Crippen LogP contribution in [0.15, 0.2) is 54.7 Å². The zero-order valence-electron chi connectivity index (χ0n) is 19.1. The molecule has 2 amide bonds. The van der Waals surface area contributed by atoms with E-state index in [-0.39, 0.29) is 11.8 Å². The average Bonchev–Trinajstić information content (AvgIpc) is 3.25. The summed E-state index contributed by atoms with van der Waals surface area (Å²) in [5, 5.41) is 7.16. The first-order valence-electron chi connectivity index (χ1n) is 11.2. The average molecular weight is 498 g/mol. The number of aryl methyl sites for hydroxylation is 1. The van der Waals surface area contributed by atoms with Gasteiger partial charge in [-0.3, -0.25) is 19.4 Å². The molecule has 2 aromatic carbocycles. The van der Waals surface area contributed by atoms with Crippen molar-refractivity contribution in [2.45, 2.75) is 13.3 Å². The molecule has 3 aromatic rings. The molecule has 0 bridgehead atoms. The van der Waals surface area contributed by atoms with Crippen molar-refractivity contribution >= 4 is 45.6 Å². The van der Waals surface area contributed by atoms with E-state index in [1.54, 1.807) is 6.20 Å². The molecule has 0 aliphatic carbocycles. The highest BCUT2D eigenvalue weighted by Crippen LogP contribution is 2.24. The summed E-state index contributed by atoms with van der Waals surface area (Å²) < 4.78 is 0. The molecule has 1 saturated heterocycles. The van der Waals surface area contributed by atoms with Crippen molar-refractivity contribution in [1.82, 2.24) is 14.8 Å². The molecule has 4 rings (SSSR count). The van der Waals surface area contributed by atoms with Gasteiger partial charge in [0.25, 0.3) is 0 Å². The highest BCUT2D eigenvalue weighted by Gasteiger charge is 2.21. The fraction of sp³-hybridized carbons (Fsp3) is 0.320. The highest BCUT2D eigenvalue weighted by molar-refractivity contribution is 7.15. The Bertz CT molecular complexity index is 1130. The van der Waals surface area contributed by atoms with E-state index in [0.29, 0.717) is 24.6 Å². The number of aromatic nitrogens is 1. The summed E-state index contributed by atoms with van der Waals surface area (Å²) in [6.07, 6.45) is 2.47. The van der Waals surface area contributed by atoms with Crippen LogP contribution in [-0.4, -0.2) is 65.9 Å². The number of anilines is 2. The number of rotatable bonds is 8. The Kier molecular flexibility index (Phi) is 8.29. The number of carbonyl (C=O) groups excluding carboxylic acids is 2. The molecule has 0 saturated carbocycles. The van der Waals surface area contributed by atoms with Crippen molar-refractivity contribution < 1.29 is 9.59 Å². The molecule has 2 heterocycles. The molecule has 7 nitrogen and oxygen atoms in total. The largest absolute Gasteiger partial charge is 0.325 e. The summed E-state index contributed by atoms with van der Waals surface area (Å²) in [4.78, 5) is 34.4. The van der Waals surface area contributed by atoms with Gasteiger partial charge in [0.1, 0.15) is 0 Å². The second kappa shape index (κ2) is 11.6. The van der Waals surface area contributed by atoms with Gasteiger partial charge in [0.2, 0.25) is 11.8 Å². The standard InChI is InChI=1S/C25H28ClN5O2S/c1-18-6-8-20(9-7-18)28-23(32)16-30-10-12-31(13-11-30)17-24(33)29-25-27-15-21(34-25)14-19-4-2-3-5-22(19)26/h2-9,15H,10-14,16-17H2,1H3,(H,28,32)(H,27,29,33). The van der Waals surface area contributed by atoms with Crippen LogP contribution in [0.3, 0.4) is 0 Å². The maximum Gasteiger partial charge on any atom is 0.240 e. The van der Waals surface area contributed by atoms with Crippen LogP contribution < -0.4 is 10.6 Å². The number of hydrogen-bond acceptors (Lipinski definition) is 6. The summed E-state index contributed by atoms with van der Waals surface area (Å²) >= 11 is 7.70. The zero-order chi connectivity index (χ0) is 23.9. The van der Waals surface area contributed by atoms with Crippen LogP contribution in [0.4, 0.5) is 10.8 Å². The van der Waals surface area contributed by atoms with Crippen LogP contribution in [-0.2, 0) is 16.0 Å². The number of nitrogens with one attached hydrogen (secondary N) is 2. The fourth-order valence-corrected chi connectivity index (χ4v) is 4.84. The molecule has 9 heteroatoms. The lowest BCUT2D eigenvalue weighted by atomic mass is 10.1. The molecule has 0 spiro atoms. The maximum absolute atomic E-state index is 12.5. The molecule has 2 N–H and O–H groups in total. The highest BCUT2D eigenvalue weighted by atomic mass is 35.5. The van der Waals surface area contributed by atoms with Gasteiger partial charge in [0.05, 0.1) is 13.1 Å². The molecule has 34 heavy (non-hydrogen) atoms. The molecule has 1 fully saturated rings. The molecular weight excluding hydrogens is 470 g/mol. The number of nitrogens with zero attached hydrogens (tertiary/aromatic N) is 3. The van der Waals surface area contributed by atoms with E-state index < -0.39 is 0 Å². The first-order chi connectivity index (χ1) is 16.4. The van der Waals surface area contributed by atoms with Gasteiger partial charge in [0, 0.05) is 54.4 Å². The van der Waals surface area contributed by atoms with Crippen molar-refractivity contribution in [3.8, 4) is 0 Å². The second-order valence-electron chi connectivity index (χ2n) is 8.41. The van der Waals surface area contributed by atoms with Crippen molar-refractivity contribution in [2.24, 2.45) is 0 Å². The number of hydrogen-bond donors (Lipinski definition) is 2. The lowest BCUT2D eigenvalue weighted by Crippen LogP contribution is -2.50. The van der Waals surface area contributed by atoms with Gasteiger partial charge in [-0.1, -0.05) is 47.5 Å². The number of thiazole rings is 1. The van der Waals surface area contributed by atoms with E-state index in [0.717, 1.165) is 52.9 Å². The van der Waals surface area contributed by atoms with Gasteiger partial charge in [-0.15, -0.1) is 11.3 Å². The van der Waals surface area contributed by atoms with Crippen LogP contribution in [0.2, 0.25) is 5.02 Å². The van der Waals surface area contributed by atoms with E-state index >= 15 is 0 Å². The lowest BCUT2D eigenvalue weighted by Gasteiger charge is -2.33. The molecule has 0 radical (unpaired) electrons. The normalized spacial score (nSPS) is 14.6. The molecule has 0 atom stereocenters. The zero-order valence-corrected chi connectivity index (χ0v) is 20.7. The molecule has 1 aliphatic heterocycles. The summed E-state index contributed by atoms with van der Waals surface area (Å²) in [7, 11) is 0. The fourth-order valence-electron chi connectivity index (χ4n) is 3.78. The van der Waals surface area contributed by atoms with Gasteiger partial charge in [-0.2, -0.15) is 0 Å². The third-order valence-electron chi connectivity index (χ3n) is 5.66. The molecular formula is C25H28ClN5O2S. The van der Waals surface area contributed by atoms with E-state index in [4.69, 9.17) is 11.6 Å². The summed E-state index contributed by atoms with van der Waals surface area (Å²) in [5.74, 6) is -0.101. The Morgan fingerprint density at radius 3 is 2.21 bits per heavy atom. The number of amides is 2. The molecule has 0 unspecified atom stereocenters. The lowest BCUT2D eigenvalue weighted by molar-refractivity contribution is -0.120. The van der Waals surface area contributed by atoms with Crippen molar-refractivity contribution in [1.29, 1.82) is 0 Å². The van der Waals surface area contributed by atoms with Crippen molar-refractivity contribution in [3.63, 3.8) is 0 Å². The minimum Gasteiger partial charge on any atom is -0.325 e. The van der Waals surface area contributed by atoms with Gasteiger partial charge in [0.15, 0.2) is 5.13 Å². The number of carbonyl (C=O) groups is 2. The van der Waals surface area contributed by atoms with Crippen molar-refractivity contribution in [2.75, 3.05) is 49.9 Å². The van der Waals surface area contributed by atoms with Crippen LogP contribution in [0.1, 0.15) is 16.0 Å². The van der Waals surface area contributed by atoms with Gasteiger partial charge >= 0.3 is 0 Å². The third-order valence-corrected chi connectivity index (χ3v) is 6.94. The quantitative estimate of drug-likeness (QED) is 0.493. The Labute approximate surface area is 208 Å². The van der Waals surface area contributed by atoms with Crippen LogP contribution in [0.25, 0.3) is 0 Å². The number of benzene rings is 2.